The van der Waals surface area contributed by atoms with Crippen molar-refractivity contribution in [3.8, 4) is 16.9 Å². The van der Waals surface area contributed by atoms with Crippen LogP contribution in [0, 0.1) is 0 Å². The highest BCUT2D eigenvalue weighted by molar-refractivity contribution is 5.88. The molecule has 33 heavy (non-hydrogen) atoms. The van der Waals surface area contributed by atoms with E-state index in [-0.39, 0.29) is 17.9 Å². The lowest BCUT2D eigenvalue weighted by Gasteiger charge is -2.19. The van der Waals surface area contributed by atoms with Crippen LogP contribution in [0.3, 0.4) is 0 Å². The number of nitrogens with one attached hydrogen (secondary N) is 1. The predicted octanol–water partition coefficient (Wildman–Crippen LogP) is 4.89. The standard InChI is InChI=1S/C23H20F3N3O4/c1-29(22(32)28-18-6-3-9-27-12-18)13-15-4-2-5-16(10-15)19-11-17(23(24,25)26)7-8-20(19)33-14-21(30)31/h2-12H,13-14H2,1H3,(H,28,32)(H,30,31). The van der Waals surface area contributed by atoms with Crippen LogP contribution in [0.25, 0.3) is 11.1 Å². The van der Waals surface area contributed by atoms with Crippen LogP contribution in [-0.4, -0.2) is 40.6 Å². The molecule has 2 amide bonds. The third kappa shape index (κ3) is 6.45. The summed E-state index contributed by atoms with van der Waals surface area (Å²) in [4.78, 5) is 28.6. The lowest BCUT2D eigenvalue weighted by Crippen LogP contribution is -2.30. The van der Waals surface area contributed by atoms with Crippen molar-refractivity contribution in [2.45, 2.75) is 12.7 Å². The molecular formula is C23H20F3N3O4. The van der Waals surface area contributed by atoms with Gasteiger partial charge in [-0.05, 0) is 47.5 Å². The van der Waals surface area contributed by atoms with Crippen molar-refractivity contribution >= 4 is 17.7 Å². The number of rotatable bonds is 7. The first-order chi connectivity index (χ1) is 15.6. The minimum Gasteiger partial charge on any atom is -0.481 e. The molecule has 0 radical (unpaired) electrons. The average Bonchev–Trinajstić information content (AvgIpc) is 2.77. The van der Waals surface area contributed by atoms with Gasteiger partial charge >= 0.3 is 18.2 Å². The predicted molar refractivity (Wildman–Crippen MR) is 115 cm³/mol. The number of hydrogen-bond donors (Lipinski definition) is 2. The Morgan fingerprint density at radius 3 is 2.58 bits per heavy atom. The van der Waals surface area contributed by atoms with Crippen LogP contribution in [0.1, 0.15) is 11.1 Å². The summed E-state index contributed by atoms with van der Waals surface area (Å²) in [6, 6.07) is 12.4. The van der Waals surface area contributed by atoms with Gasteiger partial charge in [-0.25, -0.2) is 9.59 Å². The Balaban J connectivity index is 1.85. The summed E-state index contributed by atoms with van der Waals surface area (Å²) < 4.78 is 45.0. The minimum atomic E-state index is -4.58. The Hall–Kier alpha value is -4.08. The first kappa shape index (κ1) is 23.6. The average molecular weight is 459 g/mol. The highest BCUT2D eigenvalue weighted by Gasteiger charge is 2.31. The molecule has 0 aliphatic carbocycles. The van der Waals surface area contributed by atoms with E-state index in [1.54, 1.807) is 49.6 Å². The maximum absolute atomic E-state index is 13.3. The van der Waals surface area contributed by atoms with Crippen LogP contribution in [0.4, 0.5) is 23.7 Å². The quantitative estimate of drug-likeness (QED) is 0.525. The molecule has 0 aliphatic rings. The summed E-state index contributed by atoms with van der Waals surface area (Å²) in [5.41, 5.74) is 0.763. The molecule has 0 fully saturated rings. The maximum Gasteiger partial charge on any atom is 0.416 e. The maximum atomic E-state index is 13.3. The zero-order valence-electron chi connectivity index (χ0n) is 17.5. The van der Waals surface area contributed by atoms with E-state index in [1.165, 1.54) is 11.1 Å². The zero-order valence-corrected chi connectivity index (χ0v) is 17.5. The Bertz CT molecular complexity index is 1140. The molecule has 0 saturated carbocycles. The molecule has 2 N–H and O–H groups in total. The van der Waals surface area contributed by atoms with E-state index in [9.17, 15) is 22.8 Å². The van der Waals surface area contributed by atoms with Gasteiger partial charge in [0.15, 0.2) is 6.61 Å². The number of pyridine rings is 1. The van der Waals surface area contributed by atoms with E-state index >= 15 is 0 Å². The number of urea groups is 1. The van der Waals surface area contributed by atoms with E-state index in [2.05, 4.69) is 10.3 Å². The highest BCUT2D eigenvalue weighted by atomic mass is 19.4. The summed E-state index contributed by atoms with van der Waals surface area (Å²) >= 11 is 0. The third-order valence-corrected chi connectivity index (χ3v) is 4.58. The molecule has 172 valence electrons. The van der Waals surface area contributed by atoms with Crippen LogP contribution >= 0.6 is 0 Å². The smallest absolute Gasteiger partial charge is 0.416 e. The fourth-order valence-electron chi connectivity index (χ4n) is 3.04. The molecule has 0 aliphatic heterocycles. The SMILES string of the molecule is CN(Cc1cccc(-c2cc(C(F)(F)F)ccc2OCC(=O)O)c1)C(=O)Nc1cccnc1. The second-order valence-electron chi connectivity index (χ2n) is 7.12. The molecule has 7 nitrogen and oxygen atoms in total. The van der Waals surface area contributed by atoms with E-state index in [4.69, 9.17) is 9.84 Å². The number of aromatic nitrogens is 1. The van der Waals surface area contributed by atoms with E-state index in [0.717, 1.165) is 18.2 Å². The van der Waals surface area contributed by atoms with Gasteiger partial charge in [-0.2, -0.15) is 13.2 Å². The number of amides is 2. The zero-order chi connectivity index (χ0) is 24.0. The molecule has 0 atom stereocenters. The van der Waals surface area contributed by atoms with Gasteiger partial charge in [-0.3, -0.25) is 4.98 Å². The Kier molecular flexibility index (Phi) is 7.17. The van der Waals surface area contributed by atoms with Gasteiger partial charge in [0.2, 0.25) is 0 Å². The minimum absolute atomic E-state index is 0.00484. The number of carboxylic acids is 1. The number of anilines is 1. The van der Waals surface area contributed by atoms with Crippen molar-refractivity contribution in [1.29, 1.82) is 0 Å². The highest BCUT2D eigenvalue weighted by Crippen LogP contribution is 2.37. The Morgan fingerprint density at radius 1 is 1.12 bits per heavy atom. The van der Waals surface area contributed by atoms with Gasteiger partial charge in [0.25, 0.3) is 0 Å². The summed E-state index contributed by atoms with van der Waals surface area (Å²) in [5, 5.41) is 11.6. The lowest BCUT2D eigenvalue weighted by atomic mass is 9.99. The lowest BCUT2D eigenvalue weighted by molar-refractivity contribution is -0.140. The number of halogens is 3. The van der Waals surface area contributed by atoms with Crippen LogP contribution in [0.2, 0.25) is 0 Å². The number of nitrogens with zero attached hydrogens (tertiary/aromatic N) is 2. The molecule has 10 heteroatoms. The van der Waals surface area contributed by atoms with E-state index in [0.29, 0.717) is 16.8 Å². The molecule has 0 bridgehead atoms. The first-order valence-electron chi connectivity index (χ1n) is 9.71. The van der Waals surface area contributed by atoms with Crippen molar-refractivity contribution in [3.63, 3.8) is 0 Å². The van der Waals surface area contributed by atoms with Crippen molar-refractivity contribution < 1.29 is 32.6 Å². The van der Waals surface area contributed by atoms with Crippen LogP contribution in [0.5, 0.6) is 5.75 Å². The van der Waals surface area contributed by atoms with Gasteiger partial charge in [-0.1, -0.05) is 18.2 Å². The Morgan fingerprint density at radius 2 is 1.91 bits per heavy atom. The number of carbonyl (C=O) groups is 2. The van der Waals surface area contributed by atoms with Crippen molar-refractivity contribution in [2.75, 3.05) is 19.0 Å². The van der Waals surface area contributed by atoms with Crippen molar-refractivity contribution in [2.24, 2.45) is 0 Å². The number of carbonyl (C=O) groups excluding carboxylic acids is 1. The summed E-state index contributed by atoms with van der Waals surface area (Å²) in [5.74, 6) is -1.25. The number of aliphatic carboxylic acids is 1. The van der Waals surface area contributed by atoms with Crippen LogP contribution in [0.15, 0.2) is 67.0 Å². The summed E-state index contributed by atoms with van der Waals surface area (Å²) in [6.07, 6.45) is -1.51. The summed E-state index contributed by atoms with van der Waals surface area (Å²) in [6.45, 7) is -0.528. The second-order valence-corrected chi connectivity index (χ2v) is 7.12. The van der Waals surface area contributed by atoms with Gasteiger partial charge in [0.1, 0.15) is 5.75 Å². The van der Waals surface area contributed by atoms with Crippen molar-refractivity contribution in [3.05, 3.63) is 78.1 Å². The van der Waals surface area contributed by atoms with Gasteiger partial charge in [0.05, 0.1) is 17.4 Å². The number of benzene rings is 2. The molecule has 2 aromatic carbocycles. The Labute approximate surface area is 187 Å². The molecule has 1 heterocycles. The van der Waals surface area contributed by atoms with Gasteiger partial charge < -0.3 is 20.1 Å². The molecule has 3 aromatic rings. The molecule has 3 rings (SSSR count). The number of carboxylic acid groups (broad SMARTS) is 1. The normalized spacial score (nSPS) is 11.0. The van der Waals surface area contributed by atoms with Crippen LogP contribution < -0.4 is 10.1 Å². The summed E-state index contributed by atoms with van der Waals surface area (Å²) in [7, 11) is 1.57. The first-order valence-corrected chi connectivity index (χ1v) is 9.71. The topological polar surface area (TPSA) is 91.8 Å². The molecule has 0 saturated heterocycles. The largest absolute Gasteiger partial charge is 0.481 e. The monoisotopic (exact) mass is 459 g/mol. The van der Waals surface area contributed by atoms with Crippen LogP contribution in [-0.2, 0) is 17.5 Å². The number of hydrogen-bond acceptors (Lipinski definition) is 4. The van der Waals surface area contributed by atoms with E-state index < -0.39 is 30.3 Å². The van der Waals surface area contributed by atoms with Gasteiger partial charge in [0, 0.05) is 25.4 Å². The van der Waals surface area contributed by atoms with Gasteiger partial charge in [-0.15, -0.1) is 0 Å². The van der Waals surface area contributed by atoms with E-state index in [1.807, 2.05) is 0 Å². The fraction of sp³-hybridized carbons (Fsp3) is 0.174. The second kappa shape index (κ2) is 10.0. The number of ether oxygens (including phenoxy) is 1. The molecular weight excluding hydrogens is 439 g/mol. The molecule has 1 aromatic heterocycles. The number of alkyl halides is 3. The third-order valence-electron chi connectivity index (χ3n) is 4.58. The molecule has 0 spiro atoms. The fourth-order valence-corrected chi connectivity index (χ4v) is 3.04. The molecule has 0 unspecified atom stereocenters. The van der Waals surface area contributed by atoms with Crippen molar-refractivity contribution in [1.82, 2.24) is 9.88 Å².